The van der Waals surface area contributed by atoms with Gasteiger partial charge in [-0.3, -0.25) is 14.4 Å². The summed E-state index contributed by atoms with van der Waals surface area (Å²) in [5.41, 5.74) is 5.64. The van der Waals surface area contributed by atoms with Gasteiger partial charge in [0.15, 0.2) is 17.5 Å². The van der Waals surface area contributed by atoms with Gasteiger partial charge >= 0.3 is 18.1 Å². The molecule has 1 aromatic heterocycles. The van der Waals surface area contributed by atoms with E-state index in [0.29, 0.717) is 25.0 Å². The Kier molecular flexibility index (Phi) is 10.6. The summed E-state index contributed by atoms with van der Waals surface area (Å²) < 4.78 is 79.3. The molecule has 0 spiro atoms. The molecule has 0 aliphatic carbocycles. The summed E-state index contributed by atoms with van der Waals surface area (Å²) in [6, 6.07) is 0.184. The summed E-state index contributed by atoms with van der Waals surface area (Å²) in [5, 5.41) is 22.9. The molecule has 4 N–H and O–H groups in total. The highest BCUT2D eigenvalue weighted by molar-refractivity contribution is 5.77. The summed E-state index contributed by atoms with van der Waals surface area (Å²) in [5.74, 6) is -6.89. The third-order valence-electron chi connectivity index (χ3n) is 5.40. The molecule has 1 atom stereocenters. The van der Waals surface area contributed by atoms with Gasteiger partial charge in [0.25, 0.3) is 0 Å². The molecule has 1 aliphatic rings. The number of benzene rings is 1. The van der Waals surface area contributed by atoms with E-state index in [1.54, 1.807) is 0 Å². The van der Waals surface area contributed by atoms with E-state index in [9.17, 15) is 40.7 Å². The maximum absolute atomic E-state index is 13.7. The molecule has 0 saturated carbocycles. The van der Waals surface area contributed by atoms with Gasteiger partial charge < -0.3 is 25.4 Å². The fourth-order valence-electron chi connectivity index (χ4n) is 3.56. The van der Waals surface area contributed by atoms with Crippen molar-refractivity contribution in [2.24, 2.45) is 5.73 Å². The molecule has 1 aliphatic heterocycles. The molecule has 0 fully saturated rings. The highest BCUT2D eigenvalue weighted by Gasteiger charge is 2.40. The predicted octanol–water partition coefficient (Wildman–Crippen LogP) is 2.73. The van der Waals surface area contributed by atoms with Crippen molar-refractivity contribution in [2.75, 3.05) is 6.54 Å². The Morgan fingerprint density at radius 1 is 0.947 bits per heavy atom. The third-order valence-corrected chi connectivity index (χ3v) is 5.40. The number of nitrogens with two attached hydrogens (primary N) is 1. The van der Waals surface area contributed by atoms with Gasteiger partial charge in [-0.05, 0) is 30.9 Å². The van der Waals surface area contributed by atoms with E-state index in [1.165, 1.54) is 4.90 Å². The average Bonchev–Trinajstić information content (AvgIpc) is 3.24. The van der Waals surface area contributed by atoms with Crippen LogP contribution in [0.5, 0.6) is 0 Å². The molecule has 1 unspecified atom stereocenters. The van der Waals surface area contributed by atoms with Gasteiger partial charge in [-0.15, -0.1) is 10.2 Å². The zero-order valence-corrected chi connectivity index (χ0v) is 19.8. The molecule has 38 heavy (non-hydrogen) atoms. The number of aliphatic carboxylic acids is 2. The second-order valence-corrected chi connectivity index (χ2v) is 8.43. The van der Waals surface area contributed by atoms with Gasteiger partial charge in [0, 0.05) is 44.5 Å². The van der Waals surface area contributed by atoms with E-state index in [1.807, 2.05) is 0 Å². The van der Waals surface area contributed by atoms with Crippen LogP contribution in [-0.4, -0.2) is 60.3 Å². The minimum atomic E-state index is -4.64. The summed E-state index contributed by atoms with van der Waals surface area (Å²) in [6.07, 6.45) is -4.09. The second-order valence-electron chi connectivity index (χ2n) is 8.43. The van der Waals surface area contributed by atoms with Gasteiger partial charge in [-0.2, -0.15) is 13.2 Å². The molecule has 3 rings (SSSR count). The van der Waals surface area contributed by atoms with Crippen LogP contribution in [0.15, 0.2) is 12.1 Å². The van der Waals surface area contributed by atoms with E-state index in [-0.39, 0.29) is 56.7 Å². The fourth-order valence-corrected chi connectivity index (χ4v) is 3.56. The Morgan fingerprint density at radius 3 is 2.08 bits per heavy atom. The molecule has 1 amide bonds. The standard InChI is InChI=1S/C16H15F6N5O.C6H10O4/c17-10-6-12(19)11(18)4-8(10)3-9(23)5-14(28)26-1-2-27-13(7-26)24-25-15(27)16(20,21)22;7-5(8)3-1-2-4-6(9)10/h4,6,9H,1-3,5,7,23H2;1-4H2,(H,7,8)(H,9,10). The lowest BCUT2D eigenvalue weighted by atomic mass is 10.0. The first-order chi connectivity index (χ1) is 17.7. The number of rotatable bonds is 9. The van der Waals surface area contributed by atoms with E-state index < -0.39 is 53.3 Å². The highest BCUT2D eigenvalue weighted by Crippen LogP contribution is 2.29. The maximum atomic E-state index is 13.7. The second kappa shape index (κ2) is 13.2. The fraction of sp³-hybridized carbons (Fsp3) is 0.500. The number of nitrogens with zero attached hydrogens (tertiary/aromatic N) is 4. The summed E-state index contributed by atoms with van der Waals surface area (Å²) in [6.45, 7) is -0.302. The van der Waals surface area contributed by atoms with Crippen LogP contribution < -0.4 is 5.73 Å². The number of carbonyl (C=O) groups is 3. The number of unbranched alkanes of at least 4 members (excludes halogenated alkanes) is 1. The number of carboxylic acid groups (broad SMARTS) is 2. The Bertz CT molecular complexity index is 1140. The van der Waals surface area contributed by atoms with Gasteiger partial charge in [-0.1, -0.05) is 0 Å². The number of carboxylic acids is 2. The number of halogens is 6. The van der Waals surface area contributed by atoms with Gasteiger partial charge in [0.2, 0.25) is 11.7 Å². The van der Waals surface area contributed by atoms with Crippen molar-refractivity contribution < 1.29 is 50.9 Å². The zero-order valence-electron chi connectivity index (χ0n) is 19.8. The Hall–Kier alpha value is -3.69. The number of carbonyl (C=O) groups excluding carboxylic acids is 1. The average molecular weight is 553 g/mol. The minimum Gasteiger partial charge on any atom is -0.481 e. The molecular formula is C22H25F6N5O5. The van der Waals surface area contributed by atoms with Crippen LogP contribution in [0, 0.1) is 17.5 Å². The molecule has 0 saturated heterocycles. The molecule has 10 nitrogen and oxygen atoms in total. The van der Waals surface area contributed by atoms with Crippen LogP contribution in [0.25, 0.3) is 0 Å². The number of alkyl halides is 3. The Balaban J connectivity index is 0.000000432. The van der Waals surface area contributed by atoms with Crippen LogP contribution >= 0.6 is 0 Å². The lowest BCUT2D eigenvalue weighted by molar-refractivity contribution is -0.148. The first-order valence-electron chi connectivity index (χ1n) is 11.3. The lowest BCUT2D eigenvalue weighted by Crippen LogP contribution is -2.42. The lowest BCUT2D eigenvalue weighted by Gasteiger charge is -2.29. The number of hydrogen-bond acceptors (Lipinski definition) is 6. The monoisotopic (exact) mass is 553 g/mol. The van der Waals surface area contributed by atoms with Crippen molar-refractivity contribution in [3.05, 3.63) is 46.8 Å². The minimum absolute atomic E-state index is 0.000783. The zero-order chi connectivity index (χ0) is 28.6. The largest absolute Gasteiger partial charge is 0.481 e. The molecule has 16 heteroatoms. The van der Waals surface area contributed by atoms with E-state index in [4.69, 9.17) is 15.9 Å². The quantitative estimate of drug-likeness (QED) is 0.244. The molecule has 2 heterocycles. The van der Waals surface area contributed by atoms with Gasteiger partial charge in [-0.25, -0.2) is 13.2 Å². The summed E-state index contributed by atoms with van der Waals surface area (Å²) in [7, 11) is 0. The number of amides is 1. The number of hydrogen-bond donors (Lipinski definition) is 3. The summed E-state index contributed by atoms with van der Waals surface area (Å²) in [4.78, 5) is 33.4. The maximum Gasteiger partial charge on any atom is 0.451 e. The van der Waals surface area contributed by atoms with E-state index in [0.717, 1.165) is 4.57 Å². The first-order valence-corrected chi connectivity index (χ1v) is 11.3. The van der Waals surface area contributed by atoms with Crippen molar-refractivity contribution in [3.8, 4) is 0 Å². The Labute approximate surface area is 212 Å². The predicted molar refractivity (Wildman–Crippen MR) is 117 cm³/mol. The van der Waals surface area contributed by atoms with Gasteiger partial charge in [0.1, 0.15) is 5.82 Å². The highest BCUT2D eigenvalue weighted by atomic mass is 19.4. The van der Waals surface area contributed by atoms with Crippen molar-refractivity contribution in [1.82, 2.24) is 19.7 Å². The van der Waals surface area contributed by atoms with Crippen LogP contribution in [-0.2, 0) is 40.1 Å². The van der Waals surface area contributed by atoms with Gasteiger partial charge in [0.05, 0.1) is 6.54 Å². The smallest absolute Gasteiger partial charge is 0.451 e. The first kappa shape index (κ1) is 30.5. The van der Waals surface area contributed by atoms with Crippen molar-refractivity contribution >= 4 is 17.8 Å². The van der Waals surface area contributed by atoms with Crippen LogP contribution in [0.3, 0.4) is 0 Å². The molecule has 2 aromatic rings. The van der Waals surface area contributed by atoms with Crippen LogP contribution in [0.4, 0.5) is 26.3 Å². The molecule has 210 valence electrons. The van der Waals surface area contributed by atoms with Crippen molar-refractivity contribution in [3.63, 3.8) is 0 Å². The third kappa shape index (κ3) is 9.00. The number of aromatic nitrogens is 3. The van der Waals surface area contributed by atoms with Crippen molar-refractivity contribution in [2.45, 2.75) is 63.8 Å². The molecular weight excluding hydrogens is 528 g/mol. The number of fused-ring (bicyclic) bond motifs is 1. The molecule has 1 aromatic carbocycles. The van der Waals surface area contributed by atoms with Crippen LogP contribution in [0.2, 0.25) is 0 Å². The molecule has 0 bridgehead atoms. The van der Waals surface area contributed by atoms with Crippen molar-refractivity contribution in [1.29, 1.82) is 0 Å². The summed E-state index contributed by atoms with van der Waals surface area (Å²) >= 11 is 0. The topological polar surface area (TPSA) is 152 Å². The SMILES string of the molecule is NC(CC(=O)N1CCn2c(nnc2C(F)(F)F)C1)Cc1cc(F)c(F)cc1F.O=C(O)CCCCC(=O)O. The van der Waals surface area contributed by atoms with E-state index >= 15 is 0 Å². The Morgan fingerprint density at radius 2 is 1.53 bits per heavy atom. The van der Waals surface area contributed by atoms with E-state index in [2.05, 4.69) is 10.2 Å². The van der Waals surface area contributed by atoms with Crippen LogP contribution in [0.1, 0.15) is 49.3 Å². The molecule has 0 radical (unpaired) electrons. The normalized spacial score (nSPS) is 13.8.